The van der Waals surface area contributed by atoms with Gasteiger partial charge in [0.15, 0.2) is 0 Å². The molecule has 0 unspecified atom stereocenters. The quantitative estimate of drug-likeness (QED) is 0.666. The van der Waals surface area contributed by atoms with Crippen LogP contribution in [-0.4, -0.2) is 24.5 Å². The summed E-state index contributed by atoms with van der Waals surface area (Å²) in [6.45, 7) is 0.481. The molecule has 0 aliphatic carbocycles. The summed E-state index contributed by atoms with van der Waals surface area (Å²) in [6.07, 6.45) is 2.12. The zero-order valence-electron chi connectivity index (χ0n) is 14.9. The van der Waals surface area contributed by atoms with E-state index in [1.54, 1.807) is 37.4 Å². The van der Waals surface area contributed by atoms with Crippen LogP contribution in [0.5, 0.6) is 5.75 Å². The van der Waals surface area contributed by atoms with Gasteiger partial charge in [0, 0.05) is 12.7 Å². The molecule has 3 aromatic rings. The fraction of sp³-hybridized carbons (Fsp3) is 0.143. The van der Waals surface area contributed by atoms with E-state index in [0.717, 1.165) is 11.3 Å². The Morgan fingerprint density at radius 1 is 1.07 bits per heavy atom. The number of benzene rings is 2. The van der Waals surface area contributed by atoms with Crippen LogP contribution in [0.25, 0.3) is 0 Å². The van der Waals surface area contributed by atoms with Gasteiger partial charge in [0.25, 0.3) is 5.91 Å². The minimum absolute atomic E-state index is 0.213. The van der Waals surface area contributed by atoms with Crippen molar-refractivity contribution in [1.82, 2.24) is 10.3 Å². The molecule has 0 atom stereocenters. The third-order valence-corrected chi connectivity index (χ3v) is 4.03. The number of ether oxygens (including phenoxy) is 1. The highest BCUT2D eigenvalue weighted by Crippen LogP contribution is 2.18. The molecule has 0 fully saturated rings. The average molecular weight is 365 g/mol. The molecule has 1 heterocycles. The number of carbonyl (C=O) groups excluding carboxylic acids is 1. The number of pyridine rings is 1. The second-order valence-corrected chi connectivity index (χ2v) is 5.85. The number of amides is 1. The Hall–Kier alpha value is -3.41. The van der Waals surface area contributed by atoms with Crippen LogP contribution in [0.2, 0.25) is 0 Å². The highest BCUT2D eigenvalue weighted by atomic mass is 19.1. The van der Waals surface area contributed by atoms with Gasteiger partial charge in [-0.1, -0.05) is 30.3 Å². The SMILES string of the molecule is COc1ccccc1CCNC(=O)c1ccc(Nc2ccccc2F)nc1. The first-order chi connectivity index (χ1) is 13.2. The number of halogens is 1. The van der Waals surface area contributed by atoms with Crippen molar-refractivity contribution in [2.45, 2.75) is 6.42 Å². The van der Waals surface area contributed by atoms with Crippen LogP contribution in [0.3, 0.4) is 0 Å². The number of nitrogens with one attached hydrogen (secondary N) is 2. The maximum Gasteiger partial charge on any atom is 0.252 e. The van der Waals surface area contributed by atoms with Crippen LogP contribution in [0.15, 0.2) is 66.9 Å². The van der Waals surface area contributed by atoms with Gasteiger partial charge in [-0.3, -0.25) is 4.79 Å². The molecule has 6 heteroatoms. The van der Waals surface area contributed by atoms with Gasteiger partial charge in [-0.15, -0.1) is 0 Å². The molecule has 2 N–H and O–H groups in total. The lowest BCUT2D eigenvalue weighted by Crippen LogP contribution is -2.25. The molecule has 0 saturated heterocycles. The summed E-state index contributed by atoms with van der Waals surface area (Å²) in [5, 5.41) is 5.75. The normalized spacial score (nSPS) is 10.3. The van der Waals surface area contributed by atoms with Crippen molar-refractivity contribution >= 4 is 17.4 Å². The number of aromatic nitrogens is 1. The fourth-order valence-electron chi connectivity index (χ4n) is 2.62. The third kappa shape index (κ3) is 4.82. The molecular formula is C21H20FN3O2. The van der Waals surface area contributed by atoms with E-state index >= 15 is 0 Å². The molecule has 0 aliphatic rings. The fourth-order valence-corrected chi connectivity index (χ4v) is 2.62. The number of anilines is 2. The predicted octanol–water partition coefficient (Wildman–Crippen LogP) is 3.95. The van der Waals surface area contributed by atoms with Crippen LogP contribution in [-0.2, 0) is 6.42 Å². The van der Waals surface area contributed by atoms with Gasteiger partial charge in [0.2, 0.25) is 0 Å². The molecule has 2 aromatic carbocycles. The van der Waals surface area contributed by atoms with E-state index in [4.69, 9.17) is 4.74 Å². The smallest absolute Gasteiger partial charge is 0.252 e. The molecular weight excluding hydrogens is 345 g/mol. The van der Waals surface area contributed by atoms with Gasteiger partial charge in [0.1, 0.15) is 17.4 Å². The van der Waals surface area contributed by atoms with Gasteiger partial charge in [-0.25, -0.2) is 9.37 Å². The van der Waals surface area contributed by atoms with Crippen molar-refractivity contribution < 1.29 is 13.9 Å². The lowest BCUT2D eigenvalue weighted by Gasteiger charge is -2.10. The first kappa shape index (κ1) is 18.4. The second-order valence-electron chi connectivity index (χ2n) is 5.85. The average Bonchev–Trinajstić information content (AvgIpc) is 2.70. The molecule has 0 radical (unpaired) electrons. The van der Waals surface area contributed by atoms with Gasteiger partial charge < -0.3 is 15.4 Å². The van der Waals surface area contributed by atoms with E-state index in [1.807, 2.05) is 24.3 Å². The van der Waals surface area contributed by atoms with Gasteiger partial charge in [-0.05, 0) is 42.3 Å². The van der Waals surface area contributed by atoms with Crippen LogP contribution < -0.4 is 15.4 Å². The second kappa shape index (κ2) is 8.80. The summed E-state index contributed by atoms with van der Waals surface area (Å²) in [5.74, 6) is 0.690. The Morgan fingerprint density at radius 3 is 2.59 bits per heavy atom. The van der Waals surface area contributed by atoms with Crippen molar-refractivity contribution in [3.8, 4) is 5.75 Å². The summed E-state index contributed by atoms with van der Waals surface area (Å²) in [5.41, 5.74) is 1.80. The van der Waals surface area contributed by atoms with Crippen molar-refractivity contribution in [3.05, 3.63) is 83.8 Å². The zero-order valence-corrected chi connectivity index (χ0v) is 14.9. The molecule has 138 valence electrons. The van der Waals surface area contributed by atoms with Gasteiger partial charge >= 0.3 is 0 Å². The Balaban J connectivity index is 1.55. The Morgan fingerprint density at radius 2 is 1.85 bits per heavy atom. The molecule has 1 amide bonds. The largest absolute Gasteiger partial charge is 0.496 e. The number of rotatable bonds is 7. The number of nitrogens with zero attached hydrogens (tertiary/aromatic N) is 1. The molecule has 0 aliphatic heterocycles. The molecule has 3 rings (SSSR count). The van der Waals surface area contributed by atoms with E-state index < -0.39 is 0 Å². The van der Waals surface area contributed by atoms with E-state index in [9.17, 15) is 9.18 Å². The summed E-state index contributed by atoms with van der Waals surface area (Å²) in [6, 6.07) is 17.3. The summed E-state index contributed by atoms with van der Waals surface area (Å²) in [7, 11) is 1.62. The Labute approximate surface area is 157 Å². The number of para-hydroxylation sites is 2. The van der Waals surface area contributed by atoms with Gasteiger partial charge in [-0.2, -0.15) is 0 Å². The monoisotopic (exact) mass is 365 g/mol. The maximum atomic E-state index is 13.7. The van der Waals surface area contributed by atoms with E-state index in [2.05, 4.69) is 15.6 Å². The molecule has 0 saturated carbocycles. The van der Waals surface area contributed by atoms with Crippen molar-refractivity contribution in [2.24, 2.45) is 0 Å². The third-order valence-electron chi connectivity index (χ3n) is 4.03. The minimum atomic E-state index is -0.363. The summed E-state index contributed by atoms with van der Waals surface area (Å²) < 4.78 is 19.0. The zero-order chi connectivity index (χ0) is 19.1. The topological polar surface area (TPSA) is 63.2 Å². The molecule has 1 aromatic heterocycles. The molecule has 0 spiro atoms. The first-order valence-corrected chi connectivity index (χ1v) is 8.55. The lowest BCUT2D eigenvalue weighted by atomic mass is 10.1. The van der Waals surface area contributed by atoms with Crippen molar-refractivity contribution in [3.63, 3.8) is 0 Å². The molecule has 5 nitrogen and oxygen atoms in total. The Bertz CT molecular complexity index is 913. The van der Waals surface area contributed by atoms with Crippen LogP contribution in [0.4, 0.5) is 15.9 Å². The number of hydrogen-bond donors (Lipinski definition) is 2. The standard InChI is InChI=1S/C21H20FN3O2/c1-27-19-9-5-2-6-15(19)12-13-23-21(26)16-10-11-20(24-14-16)25-18-8-4-3-7-17(18)22/h2-11,14H,12-13H2,1H3,(H,23,26)(H,24,25). The summed E-state index contributed by atoms with van der Waals surface area (Å²) in [4.78, 5) is 16.4. The maximum absolute atomic E-state index is 13.7. The van der Waals surface area contributed by atoms with Crippen LogP contribution in [0.1, 0.15) is 15.9 Å². The summed E-state index contributed by atoms with van der Waals surface area (Å²) >= 11 is 0. The first-order valence-electron chi connectivity index (χ1n) is 8.55. The Kier molecular flexibility index (Phi) is 5.99. The predicted molar refractivity (Wildman–Crippen MR) is 103 cm³/mol. The van der Waals surface area contributed by atoms with Crippen molar-refractivity contribution in [2.75, 3.05) is 19.0 Å². The van der Waals surface area contributed by atoms with Crippen LogP contribution in [0, 0.1) is 5.82 Å². The molecule has 27 heavy (non-hydrogen) atoms. The highest BCUT2D eigenvalue weighted by Gasteiger charge is 2.08. The van der Waals surface area contributed by atoms with E-state index in [0.29, 0.717) is 30.0 Å². The van der Waals surface area contributed by atoms with E-state index in [-0.39, 0.29) is 11.7 Å². The lowest BCUT2D eigenvalue weighted by molar-refractivity contribution is 0.0953. The number of carbonyl (C=O) groups is 1. The van der Waals surface area contributed by atoms with E-state index in [1.165, 1.54) is 12.3 Å². The number of methoxy groups -OCH3 is 1. The molecule has 0 bridgehead atoms. The van der Waals surface area contributed by atoms with Crippen molar-refractivity contribution in [1.29, 1.82) is 0 Å². The minimum Gasteiger partial charge on any atom is -0.496 e. The van der Waals surface area contributed by atoms with Crippen LogP contribution >= 0.6 is 0 Å². The van der Waals surface area contributed by atoms with Gasteiger partial charge in [0.05, 0.1) is 18.4 Å². The number of hydrogen-bond acceptors (Lipinski definition) is 4. The highest BCUT2D eigenvalue weighted by molar-refractivity contribution is 5.94.